The molecule has 0 unspecified atom stereocenters. The summed E-state index contributed by atoms with van der Waals surface area (Å²) in [4.78, 5) is 2.42. The van der Waals surface area contributed by atoms with Crippen molar-refractivity contribution in [2.24, 2.45) is 5.92 Å². The molecule has 20 heavy (non-hydrogen) atoms. The Labute approximate surface area is 131 Å². The topological polar surface area (TPSA) is 15.3 Å². The maximum atomic E-state index is 14.2. The second-order valence-corrected chi connectivity index (χ2v) is 6.08. The molecule has 5 heteroatoms. The zero-order valence-electron chi connectivity index (χ0n) is 11.4. The molecule has 1 heterocycles. The normalized spacial score (nSPS) is 21.3. The van der Waals surface area contributed by atoms with Crippen molar-refractivity contribution in [1.82, 2.24) is 10.2 Å². The number of nitrogens with one attached hydrogen (secondary N) is 1. The molecular weight excluding hydrogens is 298 g/mol. The van der Waals surface area contributed by atoms with E-state index in [1.807, 2.05) is 12.1 Å². The van der Waals surface area contributed by atoms with Gasteiger partial charge in [0.15, 0.2) is 0 Å². The summed E-state index contributed by atoms with van der Waals surface area (Å²) in [5.74, 6) is 0.631. The first-order chi connectivity index (χ1) is 9.24. The Morgan fingerprint density at radius 2 is 2.00 bits per heavy atom. The molecule has 0 spiro atoms. The van der Waals surface area contributed by atoms with E-state index in [1.54, 1.807) is 0 Å². The fourth-order valence-corrected chi connectivity index (χ4v) is 3.07. The third-order valence-corrected chi connectivity index (χ3v) is 4.40. The van der Waals surface area contributed by atoms with Gasteiger partial charge in [-0.05, 0) is 24.5 Å². The average molecular weight is 319 g/mol. The van der Waals surface area contributed by atoms with Gasteiger partial charge in [0, 0.05) is 42.8 Å². The molecule has 0 aromatic heterocycles. The smallest absolute Gasteiger partial charge is 0.129 e. The highest BCUT2D eigenvalue weighted by Crippen LogP contribution is 2.41. The summed E-state index contributed by atoms with van der Waals surface area (Å²) in [6.07, 6.45) is 3.69. The molecular formula is C15H21Cl2FN2. The molecule has 1 aliphatic carbocycles. The molecule has 1 saturated heterocycles. The van der Waals surface area contributed by atoms with Gasteiger partial charge in [-0.25, -0.2) is 4.39 Å². The van der Waals surface area contributed by atoms with Crippen LogP contribution in [0.5, 0.6) is 0 Å². The molecule has 2 nitrogen and oxygen atoms in total. The predicted octanol–water partition coefficient (Wildman–Crippen LogP) is 3.65. The van der Waals surface area contributed by atoms with E-state index in [4.69, 9.17) is 11.6 Å². The van der Waals surface area contributed by atoms with Crippen molar-refractivity contribution in [3.63, 3.8) is 0 Å². The van der Waals surface area contributed by atoms with Gasteiger partial charge in [-0.2, -0.15) is 0 Å². The fraction of sp³-hybridized carbons (Fsp3) is 0.600. The summed E-state index contributed by atoms with van der Waals surface area (Å²) in [6, 6.07) is 5.33. The van der Waals surface area contributed by atoms with Gasteiger partial charge in [-0.3, -0.25) is 4.90 Å². The van der Waals surface area contributed by atoms with Gasteiger partial charge in [0.1, 0.15) is 5.82 Å². The summed E-state index contributed by atoms with van der Waals surface area (Å²) in [7, 11) is 0. The van der Waals surface area contributed by atoms with Crippen LogP contribution in [-0.4, -0.2) is 31.1 Å². The van der Waals surface area contributed by atoms with Crippen LogP contribution in [0.15, 0.2) is 18.2 Å². The lowest BCUT2D eigenvalue weighted by atomic mass is 9.98. The molecule has 0 bridgehead atoms. The van der Waals surface area contributed by atoms with Gasteiger partial charge in [-0.1, -0.05) is 30.5 Å². The highest BCUT2D eigenvalue weighted by Gasteiger charge is 2.31. The number of benzene rings is 1. The second-order valence-electron chi connectivity index (χ2n) is 5.65. The summed E-state index contributed by atoms with van der Waals surface area (Å²) >= 11 is 5.86. The third kappa shape index (κ3) is 3.85. The van der Waals surface area contributed by atoms with Crippen LogP contribution >= 0.6 is 24.0 Å². The van der Waals surface area contributed by atoms with E-state index in [0.717, 1.165) is 44.1 Å². The summed E-state index contributed by atoms with van der Waals surface area (Å²) in [6.45, 7) is 3.99. The van der Waals surface area contributed by atoms with Crippen LogP contribution in [0.4, 0.5) is 4.39 Å². The maximum Gasteiger partial charge on any atom is 0.129 e. The minimum absolute atomic E-state index is 0. The Morgan fingerprint density at radius 1 is 1.30 bits per heavy atom. The van der Waals surface area contributed by atoms with Crippen molar-refractivity contribution in [3.8, 4) is 0 Å². The SMILES string of the molecule is Cl.Fc1cc(Cl)ccc1[C@H](CC1CC1)N1CCNCC1. The Kier molecular flexibility index (Phi) is 5.67. The molecule has 0 radical (unpaired) electrons. The van der Waals surface area contributed by atoms with Gasteiger partial charge in [0.05, 0.1) is 0 Å². The zero-order valence-corrected chi connectivity index (χ0v) is 13.0. The maximum absolute atomic E-state index is 14.2. The van der Waals surface area contributed by atoms with Gasteiger partial charge >= 0.3 is 0 Å². The molecule has 1 N–H and O–H groups in total. The molecule has 2 aliphatic rings. The van der Waals surface area contributed by atoms with E-state index < -0.39 is 0 Å². The van der Waals surface area contributed by atoms with E-state index in [-0.39, 0.29) is 24.3 Å². The number of halogens is 3. The van der Waals surface area contributed by atoms with Crippen molar-refractivity contribution in [3.05, 3.63) is 34.6 Å². The Balaban J connectivity index is 0.00000147. The van der Waals surface area contributed by atoms with Crippen molar-refractivity contribution >= 4 is 24.0 Å². The van der Waals surface area contributed by atoms with Crippen LogP contribution < -0.4 is 5.32 Å². The van der Waals surface area contributed by atoms with Crippen LogP contribution in [0.3, 0.4) is 0 Å². The number of hydrogen-bond acceptors (Lipinski definition) is 2. The largest absolute Gasteiger partial charge is 0.314 e. The average Bonchev–Trinajstić information content (AvgIpc) is 3.22. The fourth-order valence-electron chi connectivity index (χ4n) is 2.91. The van der Waals surface area contributed by atoms with Gasteiger partial charge < -0.3 is 5.32 Å². The number of rotatable bonds is 4. The van der Waals surface area contributed by atoms with E-state index >= 15 is 0 Å². The summed E-state index contributed by atoms with van der Waals surface area (Å²) in [5.41, 5.74) is 0.818. The monoisotopic (exact) mass is 318 g/mol. The molecule has 1 saturated carbocycles. The highest BCUT2D eigenvalue weighted by molar-refractivity contribution is 6.30. The minimum Gasteiger partial charge on any atom is -0.314 e. The van der Waals surface area contributed by atoms with Crippen LogP contribution in [-0.2, 0) is 0 Å². The third-order valence-electron chi connectivity index (χ3n) is 4.17. The van der Waals surface area contributed by atoms with Crippen molar-refractivity contribution in [1.29, 1.82) is 0 Å². The van der Waals surface area contributed by atoms with Gasteiger partial charge in [-0.15, -0.1) is 12.4 Å². The summed E-state index contributed by atoms with van der Waals surface area (Å²) in [5, 5.41) is 3.84. The van der Waals surface area contributed by atoms with Crippen molar-refractivity contribution < 1.29 is 4.39 Å². The van der Waals surface area contributed by atoms with Crippen LogP contribution in [0.2, 0.25) is 5.02 Å². The Morgan fingerprint density at radius 3 is 2.60 bits per heavy atom. The standard InChI is InChI=1S/C15H20ClFN2.ClH/c16-12-3-4-13(14(17)10-12)15(9-11-1-2-11)19-7-5-18-6-8-19;/h3-4,10-11,15,18H,1-2,5-9H2;1H/t15-;/m0./s1. The first kappa shape index (κ1) is 16.0. The van der Waals surface area contributed by atoms with E-state index in [2.05, 4.69) is 10.2 Å². The zero-order chi connectivity index (χ0) is 13.2. The number of hydrogen-bond donors (Lipinski definition) is 1. The van der Waals surface area contributed by atoms with E-state index in [1.165, 1.54) is 18.9 Å². The van der Waals surface area contributed by atoms with Crippen molar-refractivity contribution in [2.75, 3.05) is 26.2 Å². The number of piperazine rings is 1. The lowest BCUT2D eigenvalue weighted by Gasteiger charge is -2.35. The van der Waals surface area contributed by atoms with E-state index in [9.17, 15) is 4.39 Å². The van der Waals surface area contributed by atoms with Crippen molar-refractivity contribution in [2.45, 2.75) is 25.3 Å². The van der Waals surface area contributed by atoms with Crippen LogP contribution in [0, 0.1) is 11.7 Å². The Hall–Kier alpha value is -0.350. The molecule has 1 aromatic rings. The quantitative estimate of drug-likeness (QED) is 0.911. The Bertz CT molecular complexity index is 445. The van der Waals surface area contributed by atoms with E-state index in [0.29, 0.717) is 5.02 Å². The first-order valence-corrected chi connectivity index (χ1v) is 7.51. The predicted molar refractivity (Wildman–Crippen MR) is 83.2 cm³/mol. The molecule has 1 aromatic carbocycles. The van der Waals surface area contributed by atoms with Crippen LogP contribution in [0.1, 0.15) is 30.9 Å². The first-order valence-electron chi connectivity index (χ1n) is 7.14. The van der Waals surface area contributed by atoms with Gasteiger partial charge in [0.2, 0.25) is 0 Å². The molecule has 1 atom stereocenters. The molecule has 0 amide bonds. The van der Waals surface area contributed by atoms with Gasteiger partial charge in [0.25, 0.3) is 0 Å². The molecule has 3 rings (SSSR count). The second kappa shape index (κ2) is 7.08. The molecule has 2 fully saturated rings. The lowest BCUT2D eigenvalue weighted by Crippen LogP contribution is -2.45. The highest BCUT2D eigenvalue weighted by atomic mass is 35.5. The summed E-state index contributed by atoms with van der Waals surface area (Å²) < 4.78 is 14.2. The number of nitrogens with zero attached hydrogens (tertiary/aromatic N) is 1. The van der Waals surface area contributed by atoms with Crippen LogP contribution in [0.25, 0.3) is 0 Å². The lowest BCUT2D eigenvalue weighted by molar-refractivity contribution is 0.157. The minimum atomic E-state index is -0.156. The molecule has 112 valence electrons. The molecule has 1 aliphatic heterocycles.